The largest absolute Gasteiger partial charge is 0.371 e. The molecule has 33 heavy (non-hydrogen) atoms. The fourth-order valence-corrected chi connectivity index (χ4v) is 5.01. The molecular weight excluding hydrogens is 426 g/mol. The number of para-hydroxylation sites is 1. The first kappa shape index (κ1) is 23.3. The van der Waals surface area contributed by atoms with Gasteiger partial charge in [0.15, 0.2) is 0 Å². The van der Waals surface area contributed by atoms with E-state index in [2.05, 4.69) is 115 Å². The number of fused-ring (bicyclic) bond motifs is 1. The zero-order valence-electron chi connectivity index (χ0n) is 19.4. The standard InChI is InChI=1S/C29H31N3.ClH/c1-22(23-11-5-3-6-12-23)32-19-17-25(18-20-32)31(2)29-21-28(24-13-7-4-8-14-24)30-27-16-10-9-15-26(27)29;/h3-16,21-22,25H,17-20H2,1-2H3;1H. The van der Waals surface area contributed by atoms with E-state index in [1.165, 1.54) is 35.0 Å². The average molecular weight is 458 g/mol. The summed E-state index contributed by atoms with van der Waals surface area (Å²) >= 11 is 0. The molecule has 170 valence electrons. The summed E-state index contributed by atoms with van der Waals surface area (Å²) in [5, 5.41) is 1.23. The molecule has 1 aliphatic heterocycles. The Morgan fingerprint density at radius 1 is 0.848 bits per heavy atom. The number of hydrogen-bond donors (Lipinski definition) is 0. The fourth-order valence-electron chi connectivity index (χ4n) is 5.01. The first-order chi connectivity index (χ1) is 15.7. The maximum atomic E-state index is 4.97. The number of likely N-dealkylation sites (tertiary alicyclic amines) is 1. The van der Waals surface area contributed by atoms with Crippen LogP contribution in [0.4, 0.5) is 5.69 Å². The number of benzene rings is 3. The summed E-state index contributed by atoms with van der Waals surface area (Å²) in [6.07, 6.45) is 2.34. The van der Waals surface area contributed by atoms with Crippen LogP contribution < -0.4 is 4.90 Å². The Labute approximate surface area is 203 Å². The molecule has 0 bridgehead atoms. The summed E-state index contributed by atoms with van der Waals surface area (Å²) in [5.41, 5.74) is 5.96. The van der Waals surface area contributed by atoms with Gasteiger partial charge in [-0.15, -0.1) is 12.4 Å². The van der Waals surface area contributed by atoms with E-state index < -0.39 is 0 Å². The van der Waals surface area contributed by atoms with Crippen LogP contribution >= 0.6 is 12.4 Å². The van der Waals surface area contributed by atoms with Crippen molar-refractivity contribution in [1.82, 2.24) is 9.88 Å². The van der Waals surface area contributed by atoms with Gasteiger partial charge < -0.3 is 4.90 Å². The second-order valence-corrected chi connectivity index (χ2v) is 8.87. The predicted molar refractivity (Wildman–Crippen MR) is 142 cm³/mol. The summed E-state index contributed by atoms with van der Waals surface area (Å²) in [7, 11) is 2.26. The highest BCUT2D eigenvalue weighted by Crippen LogP contribution is 2.34. The minimum atomic E-state index is 0. The minimum absolute atomic E-state index is 0. The van der Waals surface area contributed by atoms with Crippen LogP contribution in [0.3, 0.4) is 0 Å². The third-order valence-electron chi connectivity index (χ3n) is 7.02. The number of aromatic nitrogens is 1. The number of piperidine rings is 1. The Bertz CT molecular complexity index is 1170. The molecule has 4 aromatic rings. The number of hydrogen-bond acceptors (Lipinski definition) is 3. The summed E-state index contributed by atoms with van der Waals surface area (Å²) in [5.74, 6) is 0. The molecule has 0 aliphatic carbocycles. The predicted octanol–water partition coefficient (Wildman–Crippen LogP) is 6.99. The lowest BCUT2D eigenvalue weighted by molar-refractivity contribution is 0.162. The first-order valence-electron chi connectivity index (χ1n) is 11.7. The maximum Gasteiger partial charge on any atom is 0.0730 e. The summed E-state index contributed by atoms with van der Waals surface area (Å²) in [4.78, 5) is 10.1. The van der Waals surface area contributed by atoms with Crippen LogP contribution in [-0.2, 0) is 0 Å². The Morgan fingerprint density at radius 3 is 2.15 bits per heavy atom. The molecule has 1 aliphatic rings. The second-order valence-electron chi connectivity index (χ2n) is 8.87. The zero-order valence-corrected chi connectivity index (χ0v) is 20.2. The van der Waals surface area contributed by atoms with Gasteiger partial charge in [-0.2, -0.15) is 0 Å². The van der Waals surface area contributed by atoms with Gasteiger partial charge in [-0.3, -0.25) is 4.90 Å². The van der Waals surface area contributed by atoms with Crippen molar-refractivity contribution in [2.45, 2.75) is 31.8 Å². The normalized spacial score (nSPS) is 15.7. The molecule has 1 saturated heterocycles. The quantitative estimate of drug-likeness (QED) is 0.322. The van der Waals surface area contributed by atoms with Gasteiger partial charge in [0.25, 0.3) is 0 Å². The average Bonchev–Trinajstić information content (AvgIpc) is 2.88. The van der Waals surface area contributed by atoms with Crippen LogP contribution in [-0.4, -0.2) is 36.1 Å². The lowest BCUT2D eigenvalue weighted by Crippen LogP contribution is -2.44. The molecule has 0 amide bonds. The smallest absolute Gasteiger partial charge is 0.0730 e. The Balaban J connectivity index is 0.00000259. The van der Waals surface area contributed by atoms with Crippen molar-refractivity contribution in [2.75, 3.05) is 25.0 Å². The lowest BCUT2D eigenvalue weighted by atomic mass is 9.98. The molecule has 0 radical (unpaired) electrons. The maximum absolute atomic E-state index is 4.97. The molecule has 0 saturated carbocycles. The van der Waals surface area contributed by atoms with Crippen molar-refractivity contribution in [2.24, 2.45) is 0 Å². The molecule has 2 heterocycles. The van der Waals surface area contributed by atoms with Gasteiger partial charge >= 0.3 is 0 Å². The number of rotatable bonds is 5. The van der Waals surface area contributed by atoms with E-state index in [9.17, 15) is 0 Å². The topological polar surface area (TPSA) is 19.4 Å². The molecule has 4 heteroatoms. The lowest BCUT2D eigenvalue weighted by Gasteiger charge is -2.40. The highest BCUT2D eigenvalue weighted by molar-refractivity contribution is 5.94. The van der Waals surface area contributed by atoms with Gasteiger partial charge in [-0.25, -0.2) is 4.98 Å². The van der Waals surface area contributed by atoms with Crippen LogP contribution in [0.15, 0.2) is 91.0 Å². The molecular formula is C29H32ClN3. The van der Waals surface area contributed by atoms with E-state index in [1.54, 1.807) is 0 Å². The third-order valence-corrected chi connectivity index (χ3v) is 7.02. The van der Waals surface area contributed by atoms with Crippen molar-refractivity contribution in [1.29, 1.82) is 0 Å². The Hall–Kier alpha value is -2.88. The molecule has 3 nitrogen and oxygen atoms in total. The van der Waals surface area contributed by atoms with Crippen LogP contribution in [0.25, 0.3) is 22.2 Å². The Kier molecular flexibility index (Phi) is 7.32. The summed E-state index contributed by atoms with van der Waals surface area (Å²) < 4.78 is 0. The number of halogens is 1. The summed E-state index contributed by atoms with van der Waals surface area (Å²) in [6, 6.07) is 33.2. The summed E-state index contributed by atoms with van der Waals surface area (Å²) in [6.45, 7) is 4.58. The highest BCUT2D eigenvalue weighted by atomic mass is 35.5. The van der Waals surface area contributed by atoms with E-state index in [0.717, 1.165) is 24.3 Å². The van der Waals surface area contributed by atoms with Crippen LogP contribution in [0.2, 0.25) is 0 Å². The SMILES string of the molecule is CC(c1ccccc1)N1CCC(N(C)c2cc(-c3ccccc3)nc3ccccc23)CC1.Cl. The van der Waals surface area contributed by atoms with Crippen LogP contribution in [0.5, 0.6) is 0 Å². The van der Waals surface area contributed by atoms with Gasteiger partial charge in [0.05, 0.1) is 11.2 Å². The molecule has 1 unspecified atom stereocenters. The number of anilines is 1. The molecule has 1 atom stereocenters. The van der Waals surface area contributed by atoms with Crippen LogP contribution in [0, 0.1) is 0 Å². The van der Waals surface area contributed by atoms with Gasteiger partial charge in [-0.05, 0) is 37.5 Å². The molecule has 3 aromatic carbocycles. The zero-order chi connectivity index (χ0) is 21.9. The van der Waals surface area contributed by atoms with E-state index in [4.69, 9.17) is 4.98 Å². The van der Waals surface area contributed by atoms with Gasteiger partial charge in [0.2, 0.25) is 0 Å². The van der Waals surface area contributed by atoms with Crippen LogP contribution in [0.1, 0.15) is 31.4 Å². The monoisotopic (exact) mass is 457 g/mol. The fraction of sp³-hybridized carbons (Fsp3) is 0.276. The first-order valence-corrected chi connectivity index (χ1v) is 11.7. The second kappa shape index (κ2) is 10.4. The minimum Gasteiger partial charge on any atom is -0.371 e. The molecule has 1 aromatic heterocycles. The van der Waals surface area contributed by atoms with E-state index in [1.807, 2.05) is 0 Å². The van der Waals surface area contributed by atoms with Gasteiger partial charge in [0.1, 0.15) is 0 Å². The van der Waals surface area contributed by atoms with Crippen molar-refractivity contribution < 1.29 is 0 Å². The van der Waals surface area contributed by atoms with Crippen molar-refractivity contribution in [3.05, 3.63) is 96.6 Å². The highest BCUT2D eigenvalue weighted by Gasteiger charge is 2.27. The van der Waals surface area contributed by atoms with E-state index >= 15 is 0 Å². The van der Waals surface area contributed by atoms with Gasteiger partial charge in [-0.1, -0.05) is 78.9 Å². The molecule has 5 rings (SSSR count). The van der Waals surface area contributed by atoms with Crippen molar-refractivity contribution >= 4 is 29.0 Å². The molecule has 0 N–H and O–H groups in total. The van der Waals surface area contributed by atoms with Gasteiger partial charge in [0, 0.05) is 48.9 Å². The van der Waals surface area contributed by atoms with E-state index in [0.29, 0.717) is 12.1 Å². The van der Waals surface area contributed by atoms with Crippen molar-refractivity contribution in [3.8, 4) is 11.3 Å². The van der Waals surface area contributed by atoms with Crippen molar-refractivity contribution in [3.63, 3.8) is 0 Å². The molecule has 1 fully saturated rings. The van der Waals surface area contributed by atoms with E-state index in [-0.39, 0.29) is 12.4 Å². The molecule has 0 spiro atoms. The number of pyridine rings is 1. The third kappa shape index (κ3) is 4.90. The number of nitrogens with zero attached hydrogens (tertiary/aromatic N) is 3. The Morgan fingerprint density at radius 2 is 1.45 bits per heavy atom.